The number of amides is 2. The Morgan fingerprint density at radius 1 is 0.750 bits per heavy atom. The van der Waals surface area contributed by atoms with Gasteiger partial charge in [-0.3, -0.25) is 9.59 Å². The van der Waals surface area contributed by atoms with Crippen LogP contribution in [0.4, 0.5) is 13.2 Å². The molecule has 0 aliphatic rings. The molecular weight excluding hydrogens is 421 g/mol. The van der Waals surface area contributed by atoms with Crippen molar-refractivity contribution < 1.29 is 27.5 Å². The van der Waals surface area contributed by atoms with Crippen LogP contribution in [0.2, 0.25) is 0 Å². The molecule has 5 nitrogen and oxygen atoms in total. The van der Waals surface area contributed by atoms with E-state index < -0.39 is 6.36 Å². The summed E-state index contributed by atoms with van der Waals surface area (Å²) in [7, 11) is 0. The molecule has 0 unspecified atom stereocenters. The quantitative estimate of drug-likeness (QED) is 0.434. The van der Waals surface area contributed by atoms with Gasteiger partial charge in [-0.2, -0.15) is 0 Å². The van der Waals surface area contributed by atoms with Gasteiger partial charge in [-0.15, -0.1) is 13.2 Å². The van der Waals surface area contributed by atoms with Gasteiger partial charge in [0, 0.05) is 24.2 Å². The maximum atomic E-state index is 12.1. The van der Waals surface area contributed by atoms with E-state index in [9.17, 15) is 22.8 Å². The van der Waals surface area contributed by atoms with E-state index in [1.807, 2.05) is 24.3 Å². The molecule has 0 saturated carbocycles. The standard InChI is InChI=1S/C24H29F3N2O3/c1-2-18-8-10-19(11-9-18)22(30)28-16-6-4-3-5-7-17-29-23(31)20-12-14-21(15-13-20)32-24(25,26)27/h8-15H,2-7,16-17H2,1H3,(H,28,30)(H,29,31). The van der Waals surface area contributed by atoms with Crippen LogP contribution in [0.5, 0.6) is 5.75 Å². The fourth-order valence-electron chi connectivity index (χ4n) is 3.09. The van der Waals surface area contributed by atoms with Crippen LogP contribution in [-0.2, 0) is 6.42 Å². The van der Waals surface area contributed by atoms with Gasteiger partial charge in [-0.1, -0.05) is 38.3 Å². The molecule has 2 aromatic rings. The van der Waals surface area contributed by atoms with E-state index in [0.29, 0.717) is 18.7 Å². The number of carbonyl (C=O) groups is 2. The minimum absolute atomic E-state index is 0.0617. The Morgan fingerprint density at radius 2 is 1.19 bits per heavy atom. The van der Waals surface area contributed by atoms with E-state index in [4.69, 9.17) is 0 Å². The molecule has 0 bridgehead atoms. The first kappa shape index (κ1) is 25.2. The third-order valence-corrected chi connectivity index (χ3v) is 4.90. The van der Waals surface area contributed by atoms with Crippen LogP contribution in [0.3, 0.4) is 0 Å². The van der Waals surface area contributed by atoms with Crippen LogP contribution in [0.1, 0.15) is 65.3 Å². The lowest BCUT2D eigenvalue weighted by Crippen LogP contribution is -2.24. The Labute approximate surface area is 186 Å². The Morgan fingerprint density at radius 3 is 1.62 bits per heavy atom. The average Bonchev–Trinajstić information content (AvgIpc) is 2.77. The third-order valence-electron chi connectivity index (χ3n) is 4.90. The summed E-state index contributed by atoms with van der Waals surface area (Å²) >= 11 is 0. The Balaban J connectivity index is 1.52. The van der Waals surface area contributed by atoms with Crippen molar-refractivity contribution >= 4 is 11.8 Å². The predicted molar refractivity (Wildman–Crippen MR) is 117 cm³/mol. The molecule has 0 radical (unpaired) electrons. The first-order chi connectivity index (χ1) is 15.3. The summed E-state index contributed by atoms with van der Waals surface area (Å²) in [6, 6.07) is 12.4. The van der Waals surface area contributed by atoms with Gasteiger partial charge in [-0.05, 0) is 61.2 Å². The van der Waals surface area contributed by atoms with Crippen molar-refractivity contribution in [2.24, 2.45) is 0 Å². The summed E-state index contributed by atoms with van der Waals surface area (Å²) in [6.45, 7) is 3.19. The maximum absolute atomic E-state index is 12.1. The number of nitrogens with one attached hydrogen (secondary N) is 2. The van der Waals surface area contributed by atoms with Crippen LogP contribution in [0.15, 0.2) is 48.5 Å². The number of hydrogen-bond donors (Lipinski definition) is 2. The zero-order chi connectivity index (χ0) is 23.4. The summed E-state index contributed by atoms with van der Waals surface area (Å²) in [5.74, 6) is -0.758. The lowest BCUT2D eigenvalue weighted by molar-refractivity contribution is -0.274. The van der Waals surface area contributed by atoms with E-state index in [-0.39, 0.29) is 23.1 Å². The van der Waals surface area contributed by atoms with E-state index in [1.165, 1.54) is 17.7 Å². The zero-order valence-electron chi connectivity index (χ0n) is 18.1. The van der Waals surface area contributed by atoms with Crippen LogP contribution in [0, 0.1) is 0 Å². The number of ether oxygens (including phenoxy) is 1. The Bertz CT molecular complexity index is 850. The minimum atomic E-state index is -4.75. The topological polar surface area (TPSA) is 67.4 Å². The number of halogens is 3. The molecule has 0 aliphatic carbocycles. The third kappa shape index (κ3) is 9.41. The zero-order valence-corrected chi connectivity index (χ0v) is 18.1. The number of hydrogen-bond acceptors (Lipinski definition) is 3. The first-order valence-corrected chi connectivity index (χ1v) is 10.8. The van der Waals surface area contributed by atoms with Crippen LogP contribution >= 0.6 is 0 Å². The highest BCUT2D eigenvalue weighted by atomic mass is 19.4. The first-order valence-electron chi connectivity index (χ1n) is 10.8. The van der Waals surface area contributed by atoms with Crippen molar-refractivity contribution in [1.29, 1.82) is 0 Å². The smallest absolute Gasteiger partial charge is 0.406 e. The van der Waals surface area contributed by atoms with Crippen LogP contribution in [-0.4, -0.2) is 31.3 Å². The second-order valence-corrected chi connectivity index (χ2v) is 7.40. The Hall–Kier alpha value is -3.03. The average molecular weight is 451 g/mol. The summed E-state index contributed by atoms with van der Waals surface area (Å²) in [6.07, 6.45) is 0.777. The fraction of sp³-hybridized carbons (Fsp3) is 0.417. The number of aryl methyl sites for hydroxylation is 1. The lowest BCUT2D eigenvalue weighted by Gasteiger charge is -2.09. The summed E-state index contributed by atoms with van der Waals surface area (Å²) in [5.41, 5.74) is 2.14. The van der Waals surface area contributed by atoms with Crippen molar-refractivity contribution in [3.8, 4) is 5.75 Å². The normalized spacial score (nSPS) is 11.1. The molecule has 0 fully saturated rings. The van der Waals surface area contributed by atoms with Gasteiger partial charge < -0.3 is 15.4 Å². The van der Waals surface area contributed by atoms with E-state index in [1.54, 1.807) is 0 Å². The highest BCUT2D eigenvalue weighted by molar-refractivity contribution is 5.94. The van der Waals surface area contributed by atoms with Crippen LogP contribution in [0.25, 0.3) is 0 Å². The highest BCUT2D eigenvalue weighted by Gasteiger charge is 2.31. The molecule has 0 aromatic heterocycles. The maximum Gasteiger partial charge on any atom is 0.573 e. The molecule has 0 atom stereocenters. The van der Waals surface area contributed by atoms with Gasteiger partial charge in [0.05, 0.1) is 0 Å². The van der Waals surface area contributed by atoms with Gasteiger partial charge in [-0.25, -0.2) is 0 Å². The molecule has 2 amide bonds. The second-order valence-electron chi connectivity index (χ2n) is 7.40. The molecule has 2 N–H and O–H groups in total. The van der Waals surface area contributed by atoms with Crippen molar-refractivity contribution in [3.05, 3.63) is 65.2 Å². The predicted octanol–water partition coefficient (Wildman–Crippen LogP) is 5.26. The van der Waals surface area contributed by atoms with Crippen molar-refractivity contribution in [2.75, 3.05) is 13.1 Å². The van der Waals surface area contributed by atoms with Gasteiger partial charge >= 0.3 is 6.36 Å². The summed E-state index contributed by atoms with van der Waals surface area (Å²) in [5, 5.41) is 5.67. The summed E-state index contributed by atoms with van der Waals surface area (Å²) < 4.78 is 40.2. The van der Waals surface area contributed by atoms with Gasteiger partial charge in [0.2, 0.25) is 0 Å². The molecule has 2 rings (SSSR count). The van der Waals surface area contributed by atoms with Gasteiger partial charge in [0.25, 0.3) is 11.8 Å². The number of unbranched alkanes of at least 4 members (excludes halogenated alkanes) is 4. The van der Waals surface area contributed by atoms with Crippen molar-refractivity contribution in [2.45, 2.75) is 51.8 Å². The van der Waals surface area contributed by atoms with Crippen molar-refractivity contribution in [1.82, 2.24) is 10.6 Å². The van der Waals surface area contributed by atoms with Gasteiger partial charge in [0.1, 0.15) is 5.75 Å². The monoisotopic (exact) mass is 450 g/mol. The number of alkyl halides is 3. The molecule has 0 aliphatic heterocycles. The van der Waals surface area contributed by atoms with E-state index >= 15 is 0 Å². The summed E-state index contributed by atoms with van der Waals surface area (Å²) in [4.78, 5) is 24.1. The molecule has 32 heavy (non-hydrogen) atoms. The van der Waals surface area contributed by atoms with E-state index in [0.717, 1.165) is 50.7 Å². The van der Waals surface area contributed by atoms with Gasteiger partial charge in [0.15, 0.2) is 0 Å². The van der Waals surface area contributed by atoms with E-state index in [2.05, 4.69) is 22.3 Å². The molecule has 0 spiro atoms. The molecule has 174 valence electrons. The second kappa shape index (κ2) is 12.7. The number of benzene rings is 2. The lowest BCUT2D eigenvalue weighted by atomic mass is 10.1. The molecule has 0 heterocycles. The molecule has 8 heteroatoms. The molecular formula is C24H29F3N2O3. The number of carbonyl (C=O) groups excluding carboxylic acids is 2. The van der Waals surface area contributed by atoms with Crippen molar-refractivity contribution in [3.63, 3.8) is 0 Å². The largest absolute Gasteiger partial charge is 0.573 e. The molecule has 2 aromatic carbocycles. The van der Waals surface area contributed by atoms with Crippen LogP contribution < -0.4 is 15.4 Å². The highest BCUT2D eigenvalue weighted by Crippen LogP contribution is 2.22. The minimum Gasteiger partial charge on any atom is -0.406 e. The number of rotatable bonds is 12. The Kier molecular flexibility index (Phi) is 10.0. The molecule has 0 saturated heterocycles. The fourth-order valence-corrected chi connectivity index (χ4v) is 3.09. The SMILES string of the molecule is CCc1ccc(C(=O)NCCCCCCCNC(=O)c2ccc(OC(F)(F)F)cc2)cc1.